The van der Waals surface area contributed by atoms with E-state index in [-0.39, 0.29) is 12.4 Å². The zero-order chi connectivity index (χ0) is 14.8. The van der Waals surface area contributed by atoms with Crippen LogP contribution < -0.4 is 0 Å². The molecule has 1 N–H and O–H groups in total. The smallest absolute Gasteiger partial charge is 0.360 e. The summed E-state index contributed by atoms with van der Waals surface area (Å²) in [5, 5.41) is 10.6. The fraction of sp³-hybridized carbons (Fsp3) is 0.429. The van der Waals surface area contributed by atoms with E-state index in [0.717, 1.165) is 11.1 Å². The summed E-state index contributed by atoms with van der Waals surface area (Å²) in [6, 6.07) is 7.91. The number of benzene rings is 1. The molecule has 0 bridgehead atoms. The normalized spacial score (nSPS) is 22.1. The van der Waals surface area contributed by atoms with Crippen LogP contribution in [0.25, 0.3) is 0 Å². The highest BCUT2D eigenvalue weighted by Crippen LogP contribution is 2.34. The quantitative estimate of drug-likeness (QED) is 0.679. The molecule has 0 radical (unpaired) electrons. The molecule has 2 rings (SSSR count). The highest BCUT2D eigenvalue weighted by Gasteiger charge is 2.50. The molecule has 108 valence electrons. The van der Waals surface area contributed by atoms with Crippen molar-refractivity contribution < 1.29 is 14.6 Å². The number of carbonyl (C=O) groups is 1. The molecule has 0 aromatic heterocycles. The molecule has 1 aromatic rings. The van der Waals surface area contributed by atoms with E-state index in [4.69, 9.17) is 17.0 Å². The largest absolute Gasteiger partial charge is 0.462 e. The summed E-state index contributed by atoms with van der Waals surface area (Å²) >= 11 is 6.53. The van der Waals surface area contributed by atoms with E-state index in [9.17, 15) is 9.90 Å². The fourth-order valence-corrected chi connectivity index (χ4v) is 3.32. The van der Waals surface area contributed by atoms with Crippen LogP contribution in [0.1, 0.15) is 18.1 Å². The monoisotopic (exact) mass is 311 g/mol. The first kappa shape index (κ1) is 15.3. The highest BCUT2D eigenvalue weighted by atomic mass is 32.2. The lowest BCUT2D eigenvalue weighted by molar-refractivity contribution is -0.175. The number of nitrogens with zero attached hydrogens (tertiary/aromatic N) is 1. The summed E-state index contributed by atoms with van der Waals surface area (Å²) in [6.07, 6.45) is 0. The minimum Gasteiger partial charge on any atom is -0.462 e. The molecule has 0 amide bonds. The summed E-state index contributed by atoms with van der Waals surface area (Å²) in [4.78, 5) is 13.5. The average Bonchev–Trinajstić information content (AvgIpc) is 2.71. The predicted molar refractivity (Wildman–Crippen MR) is 83.4 cm³/mol. The topological polar surface area (TPSA) is 49.8 Å². The van der Waals surface area contributed by atoms with Gasteiger partial charge in [0.1, 0.15) is 4.32 Å². The second kappa shape index (κ2) is 6.11. The lowest BCUT2D eigenvalue weighted by atomic mass is 10.1. The van der Waals surface area contributed by atoms with E-state index in [1.807, 2.05) is 31.2 Å². The molecule has 1 unspecified atom stereocenters. The van der Waals surface area contributed by atoms with Crippen LogP contribution in [0.15, 0.2) is 24.3 Å². The van der Waals surface area contributed by atoms with Crippen molar-refractivity contribution in [1.29, 1.82) is 0 Å². The fourth-order valence-electron chi connectivity index (χ4n) is 1.96. The maximum atomic E-state index is 12.0. The Hall–Kier alpha value is -1.11. The third-order valence-electron chi connectivity index (χ3n) is 3.13. The molecule has 1 aromatic carbocycles. The lowest BCUT2D eigenvalue weighted by Crippen LogP contribution is -2.53. The Labute approximate surface area is 128 Å². The Balaban J connectivity index is 2.20. The van der Waals surface area contributed by atoms with Gasteiger partial charge in [0.2, 0.25) is 5.72 Å². The Morgan fingerprint density at radius 1 is 1.50 bits per heavy atom. The molecule has 1 atom stereocenters. The summed E-state index contributed by atoms with van der Waals surface area (Å²) in [6.45, 7) is 4.35. The van der Waals surface area contributed by atoms with Crippen molar-refractivity contribution in [3.63, 3.8) is 0 Å². The number of rotatable bonds is 4. The molecule has 1 aliphatic heterocycles. The molecule has 0 aliphatic carbocycles. The van der Waals surface area contributed by atoms with Crippen molar-refractivity contribution >= 4 is 34.3 Å². The van der Waals surface area contributed by atoms with Crippen molar-refractivity contribution in [3.05, 3.63) is 35.4 Å². The van der Waals surface area contributed by atoms with Gasteiger partial charge in [0.25, 0.3) is 0 Å². The van der Waals surface area contributed by atoms with Crippen LogP contribution in [0.3, 0.4) is 0 Å². The lowest BCUT2D eigenvalue weighted by Gasteiger charge is -2.31. The SMILES string of the molecule is CCOC(=O)C1(O)CSC(=S)N1Cc1ccc(C)cc1. The van der Waals surface area contributed by atoms with E-state index < -0.39 is 11.7 Å². The molecule has 4 nitrogen and oxygen atoms in total. The van der Waals surface area contributed by atoms with E-state index in [1.54, 1.807) is 6.92 Å². The van der Waals surface area contributed by atoms with Gasteiger partial charge in [-0.2, -0.15) is 0 Å². The van der Waals surface area contributed by atoms with Gasteiger partial charge < -0.3 is 14.7 Å². The number of esters is 1. The Kier molecular flexibility index (Phi) is 4.67. The molecule has 0 saturated carbocycles. The van der Waals surface area contributed by atoms with Crippen LogP contribution in [0.5, 0.6) is 0 Å². The third-order valence-corrected chi connectivity index (χ3v) is 4.72. The number of hydrogen-bond acceptors (Lipinski definition) is 5. The zero-order valence-corrected chi connectivity index (χ0v) is 13.1. The van der Waals surface area contributed by atoms with Crippen molar-refractivity contribution in [2.75, 3.05) is 12.4 Å². The summed E-state index contributed by atoms with van der Waals surface area (Å²) in [5.41, 5.74) is 0.485. The van der Waals surface area contributed by atoms with Gasteiger partial charge in [0.15, 0.2) is 0 Å². The molecule has 1 fully saturated rings. The van der Waals surface area contributed by atoms with Gasteiger partial charge in [-0.1, -0.05) is 53.8 Å². The molecule has 1 heterocycles. The average molecular weight is 311 g/mol. The molecular weight excluding hydrogens is 294 g/mol. The minimum atomic E-state index is -1.66. The van der Waals surface area contributed by atoms with Crippen LogP contribution >= 0.6 is 24.0 Å². The van der Waals surface area contributed by atoms with Crippen LogP contribution in [0.4, 0.5) is 0 Å². The van der Waals surface area contributed by atoms with E-state index >= 15 is 0 Å². The summed E-state index contributed by atoms with van der Waals surface area (Å²) in [5.74, 6) is -0.434. The predicted octanol–water partition coefficient (Wildman–Crippen LogP) is 2.08. The number of ether oxygens (including phenoxy) is 1. The van der Waals surface area contributed by atoms with Gasteiger partial charge in [-0.15, -0.1) is 0 Å². The molecule has 0 spiro atoms. The maximum Gasteiger partial charge on any atom is 0.360 e. The minimum absolute atomic E-state index is 0.205. The maximum absolute atomic E-state index is 12.0. The van der Waals surface area contributed by atoms with Gasteiger partial charge in [0.05, 0.1) is 12.4 Å². The Morgan fingerprint density at radius 3 is 2.75 bits per heavy atom. The van der Waals surface area contributed by atoms with Gasteiger partial charge in [-0.3, -0.25) is 0 Å². The van der Waals surface area contributed by atoms with Gasteiger partial charge in [-0.05, 0) is 19.4 Å². The molecule has 20 heavy (non-hydrogen) atoms. The molecule has 1 aliphatic rings. The van der Waals surface area contributed by atoms with Crippen LogP contribution in [-0.2, 0) is 16.1 Å². The van der Waals surface area contributed by atoms with Crippen LogP contribution in [0, 0.1) is 6.92 Å². The van der Waals surface area contributed by atoms with E-state index in [2.05, 4.69) is 0 Å². The number of thiocarbonyl (C=S) groups is 1. The Morgan fingerprint density at radius 2 is 2.15 bits per heavy atom. The Bertz CT molecular complexity index is 518. The first-order valence-electron chi connectivity index (χ1n) is 6.37. The van der Waals surface area contributed by atoms with Crippen molar-refractivity contribution in [2.24, 2.45) is 0 Å². The van der Waals surface area contributed by atoms with Crippen molar-refractivity contribution in [1.82, 2.24) is 4.90 Å². The van der Waals surface area contributed by atoms with Crippen molar-refractivity contribution in [3.8, 4) is 0 Å². The van der Waals surface area contributed by atoms with Crippen LogP contribution in [-0.4, -0.2) is 38.4 Å². The second-order valence-corrected chi connectivity index (χ2v) is 6.27. The summed E-state index contributed by atoms with van der Waals surface area (Å²) in [7, 11) is 0. The van der Waals surface area contributed by atoms with E-state index in [1.165, 1.54) is 16.7 Å². The summed E-state index contributed by atoms with van der Waals surface area (Å²) < 4.78 is 5.48. The molecular formula is C14H17NO3S2. The van der Waals surface area contributed by atoms with Gasteiger partial charge >= 0.3 is 5.97 Å². The number of thioether (sulfide) groups is 1. The first-order chi connectivity index (χ1) is 9.47. The van der Waals surface area contributed by atoms with Crippen molar-refractivity contribution in [2.45, 2.75) is 26.1 Å². The van der Waals surface area contributed by atoms with Gasteiger partial charge in [-0.25, -0.2) is 4.79 Å². The van der Waals surface area contributed by atoms with E-state index in [0.29, 0.717) is 10.9 Å². The zero-order valence-electron chi connectivity index (χ0n) is 11.5. The standard InChI is InChI=1S/C14H17NO3S2/c1-3-18-12(16)14(17)9-20-13(19)15(14)8-11-6-4-10(2)5-7-11/h4-7,17H,3,8-9H2,1-2H3. The molecule has 1 saturated heterocycles. The van der Waals surface area contributed by atoms with Crippen LogP contribution in [0.2, 0.25) is 0 Å². The number of carbonyl (C=O) groups excluding carboxylic acids is 1. The van der Waals surface area contributed by atoms with Gasteiger partial charge in [0, 0.05) is 6.54 Å². The second-order valence-electron chi connectivity index (χ2n) is 4.66. The highest BCUT2D eigenvalue weighted by molar-refractivity contribution is 8.23. The number of hydrogen-bond donors (Lipinski definition) is 1. The third kappa shape index (κ3) is 2.97. The molecule has 6 heteroatoms. The number of aryl methyl sites for hydroxylation is 1. The first-order valence-corrected chi connectivity index (χ1v) is 7.76. The number of aliphatic hydroxyl groups is 1.